The summed E-state index contributed by atoms with van der Waals surface area (Å²) >= 11 is 6.49. The Morgan fingerprint density at radius 1 is 1.25 bits per heavy atom. The lowest BCUT2D eigenvalue weighted by atomic mass is 9.71. The molecule has 1 aliphatic heterocycles. The van der Waals surface area contributed by atoms with Gasteiger partial charge in [-0.15, -0.1) is 0 Å². The third kappa shape index (κ3) is 3.19. The molecular formula is C17H25ClN2. The third-order valence-corrected chi connectivity index (χ3v) is 5.22. The molecule has 1 saturated heterocycles. The molecule has 0 bridgehead atoms. The summed E-state index contributed by atoms with van der Waals surface area (Å²) < 4.78 is 0. The molecule has 2 nitrogen and oxygen atoms in total. The van der Waals surface area contributed by atoms with Crippen molar-refractivity contribution >= 4 is 11.6 Å². The molecule has 110 valence electrons. The summed E-state index contributed by atoms with van der Waals surface area (Å²) in [5, 5.41) is 4.24. The van der Waals surface area contributed by atoms with Gasteiger partial charge in [0.2, 0.25) is 0 Å². The smallest absolute Gasteiger partial charge is 0.0453 e. The summed E-state index contributed by atoms with van der Waals surface area (Å²) in [6.07, 6.45) is 5.29. The van der Waals surface area contributed by atoms with E-state index in [9.17, 15) is 0 Å². The van der Waals surface area contributed by atoms with Gasteiger partial charge in [-0.25, -0.2) is 0 Å². The van der Waals surface area contributed by atoms with Gasteiger partial charge in [-0.1, -0.05) is 23.7 Å². The summed E-state index contributed by atoms with van der Waals surface area (Å²) in [5.74, 6) is 1.58. The molecule has 1 N–H and O–H groups in total. The quantitative estimate of drug-likeness (QED) is 0.891. The van der Waals surface area contributed by atoms with Gasteiger partial charge >= 0.3 is 0 Å². The number of rotatable bonds is 5. The predicted molar refractivity (Wildman–Crippen MR) is 85.4 cm³/mol. The number of halogens is 1. The molecule has 1 heterocycles. The Kier molecular flexibility index (Phi) is 4.65. The molecule has 1 aliphatic carbocycles. The maximum atomic E-state index is 6.49. The zero-order valence-electron chi connectivity index (χ0n) is 12.4. The second kappa shape index (κ2) is 6.46. The fraction of sp³-hybridized carbons (Fsp3) is 0.647. The minimum Gasteiger partial charge on any atom is -0.319 e. The van der Waals surface area contributed by atoms with E-state index in [1.165, 1.54) is 49.9 Å². The van der Waals surface area contributed by atoms with Crippen LogP contribution in [0.4, 0.5) is 0 Å². The highest BCUT2D eigenvalue weighted by Crippen LogP contribution is 2.42. The molecule has 0 atom stereocenters. The average Bonchev–Trinajstić information content (AvgIpc) is 2.89. The van der Waals surface area contributed by atoms with E-state index >= 15 is 0 Å². The van der Waals surface area contributed by atoms with Gasteiger partial charge in [0.25, 0.3) is 0 Å². The van der Waals surface area contributed by atoms with Crippen molar-refractivity contribution in [3.8, 4) is 0 Å². The fourth-order valence-corrected chi connectivity index (χ4v) is 3.84. The summed E-state index contributed by atoms with van der Waals surface area (Å²) in [5.41, 5.74) is 2.73. The van der Waals surface area contributed by atoms with Crippen LogP contribution in [0, 0.1) is 5.92 Å². The van der Waals surface area contributed by atoms with Gasteiger partial charge in [-0.05, 0) is 81.4 Å². The molecule has 0 spiro atoms. The molecule has 3 heteroatoms. The summed E-state index contributed by atoms with van der Waals surface area (Å²) in [4.78, 5) is 2.51. The lowest BCUT2D eigenvalue weighted by Gasteiger charge is -2.36. The van der Waals surface area contributed by atoms with Crippen molar-refractivity contribution in [1.29, 1.82) is 0 Å². The van der Waals surface area contributed by atoms with Crippen molar-refractivity contribution in [2.45, 2.75) is 38.1 Å². The van der Waals surface area contributed by atoms with Crippen molar-refractivity contribution in [2.75, 3.05) is 26.7 Å². The van der Waals surface area contributed by atoms with Crippen molar-refractivity contribution in [2.24, 2.45) is 5.92 Å². The van der Waals surface area contributed by atoms with Gasteiger partial charge in [-0.3, -0.25) is 4.90 Å². The first kappa shape index (κ1) is 14.4. The summed E-state index contributed by atoms with van der Waals surface area (Å²) in [7, 11) is 2.04. The van der Waals surface area contributed by atoms with Gasteiger partial charge in [0.1, 0.15) is 0 Å². The first-order valence-electron chi connectivity index (χ1n) is 7.91. The van der Waals surface area contributed by atoms with Crippen LogP contribution in [0.2, 0.25) is 5.02 Å². The molecule has 20 heavy (non-hydrogen) atoms. The molecule has 0 amide bonds. The van der Waals surface area contributed by atoms with E-state index in [1.807, 2.05) is 7.05 Å². The molecule has 2 aliphatic rings. The fourth-order valence-electron chi connectivity index (χ4n) is 3.59. The molecule has 2 fully saturated rings. The van der Waals surface area contributed by atoms with Crippen LogP contribution in [-0.4, -0.2) is 31.6 Å². The monoisotopic (exact) mass is 292 g/mol. The van der Waals surface area contributed by atoms with E-state index < -0.39 is 0 Å². The van der Waals surface area contributed by atoms with Crippen LogP contribution in [0.3, 0.4) is 0 Å². The average molecular weight is 293 g/mol. The Hall–Kier alpha value is -0.570. The zero-order chi connectivity index (χ0) is 13.9. The number of nitrogens with one attached hydrogen (secondary N) is 1. The Labute approximate surface area is 127 Å². The summed E-state index contributed by atoms with van der Waals surface area (Å²) in [6, 6.07) is 6.77. The Morgan fingerprint density at radius 3 is 2.65 bits per heavy atom. The van der Waals surface area contributed by atoms with Crippen LogP contribution in [-0.2, 0) is 6.54 Å². The maximum absolute atomic E-state index is 6.49. The van der Waals surface area contributed by atoms with Gasteiger partial charge in [-0.2, -0.15) is 0 Å². The topological polar surface area (TPSA) is 15.3 Å². The molecule has 0 aromatic heterocycles. The number of hydrogen-bond acceptors (Lipinski definition) is 2. The first-order chi connectivity index (χ1) is 9.76. The standard InChI is InChI=1S/C17H25ClN2/c1-19-11-13-8-16(9-13)14-4-5-15(17(18)10-14)12-20-6-2-3-7-20/h4-5,10,13,16,19H,2-3,6-9,11-12H2,1H3. The SMILES string of the molecule is CNCC1CC(c2ccc(CN3CCCC3)c(Cl)c2)C1. The van der Waals surface area contributed by atoms with Gasteiger partial charge in [0.15, 0.2) is 0 Å². The molecule has 1 aromatic carbocycles. The van der Waals surface area contributed by atoms with E-state index in [2.05, 4.69) is 28.4 Å². The van der Waals surface area contributed by atoms with Crippen molar-refractivity contribution in [3.05, 3.63) is 34.3 Å². The van der Waals surface area contributed by atoms with Gasteiger partial charge in [0.05, 0.1) is 0 Å². The number of hydrogen-bond donors (Lipinski definition) is 1. The van der Waals surface area contributed by atoms with Crippen LogP contribution in [0.1, 0.15) is 42.7 Å². The van der Waals surface area contributed by atoms with Crippen LogP contribution in [0.15, 0.2) is 18.2 Å². The van der Waals surface area contributed by atoms with Gasteiger partial charge < -0.3 is 5.32 Å². The van der Waals surface area contributed by atoms with Crippen molar-refractivity contribution < 1.29 is 0 Å². The maximum Gasteiger partial charge on any atom is 0.0453 e. The number of nitrogens with zero attached hydrogens (tertiary/aromatic N) is 1. The molecule has 3 rings (SSSR count). The number of likely N-dealkylation sites (tertiary alicyclic amines) is 1. The Bertz CT molecular complexity index is 448. The largest absolute Gasteiger partial charge is 0.319 e. The Morgan fingerprint density at radius 2 is 2.00 bits per heavy atom. The summed E-state index contributed by atoms with van der Waals surface area (Å²) in [6.45, 7) is 4.63. The number of benzene rings is 1. The normalized spacial score (nSPS) is 26.7. The Balaban J connectivity index is 1.59. The molecule has 1 aromatic rings. The molecule has 0 unspecified atom stereocenters. The van der Waals surface area contributed by atoms with E-state index in [1.54, 1.807) is 0 Å². The van der Waals surface area contributed by atoms with E-state index in [4.69, 9.17) is 11.6 Å². The highest BCUT2D eigenvalue weighted by Gasteiger charge is 2.29. The lowest BCUT2D eigenvalue weighted by Crippen LogP contribution is -2.30. The van der Waals surface area contributed by atoms with Crippen LogP contribution < -0.4 is 5.32 Å². The highest BCUT2D eigenvalue weighted by molar-refractivity contribution is 6.31. The van der Waals surface area contributed by atoms with Crippen LogP contribution in [0.5, 0.6) is 0 Å². The molecule has 1 saturated carbocycles. The molecule has 0 radical (unpaired) electrons. The zero-order valence-corrected chi connectivity index (χ0v) is 13.1. The van der Waals surface area contributed by atoms with Crippen molar-refractivity contribution in [3.63, 3.8) is 0 Å². The first-order valence-corrected chi connectivity index (χ1v) is 8.29. The lowest BCUT2D eigenvalue weighted by molar-refractivity contribution is 0.259. The van der Waals surface area contributed by atoms with E-state index in [-0.39, 0.29) is 0 Å². The minimum atomic E-state index is 0.728. The highest BCUT2D eigenvalue weighted by atomic mass is 35.5. The van der Waals surface area contributed by atoms with E-state index in [0.29, 0.717) is 0 Å². The van der Waals surface area contributed by atoms with E-state index in [0.717, 1.165) is 29.9 Å². The second-order valence-electron chi connectivity index (χ2n) is 6.43. The minimum absolute atomic E-state index is 0.728. The molecular weight excluding hydrogens is 268 g/mol. The van der Waals surface area contributed by atoms with Crippen LogP contribution in [0.25, 0.3) is 0 Å². The van der Waals surface area contributed by atoms with Crippen LogP contribution >= 0.6 is 11.6 Å². The van der Waals surface area contributed by atoms with Gasteiger partial charge in [0, 0.05) is 11.6 Å². The third-order valence-electron chi connectivity index (χ3n) is 4.87. The van der Waals surface area contributed by atoms with Crippen molar-refractivity contribution in [1.82, 2.24) is 10.2 Å². The second-order valence-corrected chi connectivity index (χ2v) is 6.83. The predicted octanol–water partition coefficient (Wildman–Crippen LogP) is 3.65.